The van der Waals surface area contributed by atoms with E-state index in [2.05, 4.69) is 0 Å². The summed E-state index contributed by atoms with van der Waals surface area (Å²) < 4.78 is 50.8. The molecule has 1 aromatic rings. The Bertz CT molecular complexity index is 415. The van der Waals surface area contributed by atoms with Crippen molar-refractivity contribution in [3.8, 4) is 0 Å². The van der Waals surface area contributed by atoms with Crippen molar-refractivity contribution in [3.05, 3.63) is 40.7 Å². The first kappa shape index (κ1) is 13.7. The maximum Gasteiger partial charge on any atom is 0.417 e. The maximum atomic E-state index is 12.8. The van der Waals surface area contributed by atoms with Crippen molar-refractivity contribution >= 4 is 6.08 Å². The van der Waals surface area contributed by atoms with Gasteiger partial charge in [-0.15, -0.1) is 0 Å². The van der Waals surface area contributed by atoms with E-state index in [4.69, 9.17) is 5.73 Å². The van der Waals surface area contributed by atoms with Gasteiger partial charge in [-0.05, 0) is 24.1 Å². The molecular weight excluding hydrogens is 234 g/mol. The van der Waals surface area contributed by atoms with Crippen LogP contribution in [0.15, 0.2) is 23.8 Å². The summed E-state index contributed by atoms with van der Waals surface area (Å²) in [6.45, 7) is 1.99. The Hall–Kier alpha value is -1.36. The molecule has 0 aliphatic heterocycles. The van der Waals surface area contributed by atoms with Crippen LogP contribution in [-0.4, -0.2) is 6.54 Å². The Morgan fingerprint density at radius 3 is 2.47 bits per heavy atom. The fourth-order valence-electron chi connectivity index (χ4n) is 1.43. The van der Waals surface area contributed by atoms with Crippen molar-refractivity contribution in [1.29, 1.82) is 0 Å². The van der Waals surface area contributed by atoms with Gasteiger partial charge in [-0.25, -0.2) is 4.39 Å². The molecule has 1 rings (SSSR count). The lowest BCUT2D eigenvalue weighted by atomic mass is 10.0. The molecule has 17 heavy (non-hydrogen) atoms. The molecule has 0 aliphatic carbocycles. The predicted molar refractivity (Wildman–Crippen MR) is 58.7 cm³/mol. The fraction of sp³-hybridized carbons (Fsp3) is 0.333. The van der Waals surface area contributed by atoms with Gasteiger partial charge in [0, 0.05) is 6.54 Å². The van der Waals surface area contributed by atoms with Crippen LogP contribution in [0, 0.1) is 5.82 Å². The van der Waals surface area contributed by atoms with E-state index in [0.717, 1.165) is 12.1 Å². The third-order valence-electron chi connectivity index (χ3n) is 2.40. The van der Waals surface area contributed by atoms with Gasteiger partial charge in [0.2, 0.25) is 0 Å². The first-order valence-electron chi connectivity index (χ1n) is 5.14. The molecule has 0 aliphatic rings. The molecule has 0 spiro atoms. The lowest BCUT2D eigenvalue weighted by Gasteiger charge is -2.11. The quantitative estimate of drug-likeness (QED) is 0.811. The highest BCUT2D eigenvalue weighted by Crippen LogP contribution is 2.33. The van der Waals surface area contributed by atoms with Gasteiger partial charge < -0.3 is 5.73 Å². The number of benzene rings is 1. The first-order valence-corrected chi connectivity index (χ1v) is 5.14. The first-order chi connectivity index (χ1) is 7.88. The summed E-state index contributed by atoms with van der Waals surface area (Å²) in [7, 11) is 0. The Balaban J connectivity index is 3.29. The van der Waals surface area contributed by atoms with Crippen LogP contribution in [0.4, 0.5) is 17.6 Å². The van der Waals surface area contributed by atoms with Crippen LogP contribution in [0.3, 0.4) is 0 Å². The number of hydrogen-bond donors (Lipinski definition) is 1. The van der Waals surface area contributed by atoms with Crippen LogP contribution in [0.1, 0.15) is 24.5 Å². The molecule has 1 nitrogen and oxygen atoms in total. The van der Waals surface area contributed by atoms with Gasteiger partial charge in [-0.1, -0.05) is 24.6 Å². The number of rotatable bonds is 3. The fourth-order valence-corrected chi connectivity index (χ4v) is 1.43. The molecular formula is C12H13F4N. The van der Waals surface area contributed by atoms with Crippen molar-refractivity contribution in [2.75, 3.05) is 6.54 Å². The molecule has 5 heteroatoms. The molecule has 0 aromatic heterocycles. The Kier molecular flexibility index (Phi) is 4.28. The maximum absolute atomic E-state index is 12.8. The van der Waals surface area contributed by atoms with Gasteiger partial charge >= 0.3 is 6.18 Å². The topological polar surface area (TPSA) is 26.0 Å². The summed E-state index contributed by atoms with van der Waals surface area (Å²) in [5, 5.41) is 0. The van der Waals surface area contributed by atoms with Crippen LogP contribution in [0.2, 0.25) is 0 Å². The van der Waals surface area contributed by atoms with Crippen LogP contribution >= 0.6 is 0 Å². The minimum Gasteiger partial charge on any atom is -0.327 e. The van der Waals surface area contributed by atoms with E-state index in [9.17, 15) is 17.6 Å². The zero-order valence-electron chi connectivity index (χ0n) is 9.31. The van der Waals surface area contributed by atoms with Gasteiger partial charge in [0.15, 0.2) is 0 Å². The summed E-state index contributed by atoms with van der Waals surface area (Å²) in [5.41, 5.74) is 5.05. The van der Waals surface area contributed by atoms with Crippen LogP contribution < -0.4 is 5.73 Å². The molecule has 0 bridgehead atoms. The van der Waals surface area contributed by atoms with Gasteiger partial charge in [-0.2, -0.15) is 13.2 Å². The van der Waals surface area contributed by atoms with E-state index in [0.29, 0.717) is 18.1 Å². The molecule has 0 atom stereocenters. The second-order valence-electron chi connectivity index (χ2n) is 3.59. The molecule has 0 unspecified atom stereocenters. The molecule has 94 valence electrons. The molecule has 0 radical (unpaired) electrons. The average molecular weight is 247 g/mol. The molecule has 2 N–H and O–H groups in total. The molecule has 0 amide bonds. The van der Waals surface area contributed by atoms with Crippen LogP contribution in [-0.2, 0) is 6.18 Å². The van der Waals surface area contributed by atoms with Crippen molar-refractivity contribution in [2.24, 2.45) is 5.73 Å². The molecule has 1 aromatic carbocycles. The number of nitrogens with two attached hydrogens (primary N) is 1. The minimum absolute atomic E-state index is 0.0544. The van der Waals surface area contributed by atoms with E-state index in [1.54, 1.807) is 6.92 Å². The molecule has 0 saturated carbocycles. The van der Waals surface area contributed by atoms with E-state index >= 15 is 0 Å². The third-order valence-corrected chi connectivity index (χ3v) is 2.40. The highest BCUT2D eigenvalue weighted by Gasteiger charge is 2.33. The average Bonchev–Trinajstić information content (AvgIpc) is 2.26. The van der Waals surface area contributed by atoms with Crippen molar-refractivity contribution in [3.63, 3.8) is 0 Å². The van der Waals surface area contributed by atoms with E-state index < -0.39 is 17.6 Å². The summed E-state index contributed by atoms with van der Waals surface area (Å²) in [4.78, 5) is 0. The number of hydrogen-bond acceptors (Lipinski definition) is 1. The second-order valence-corrected chi connectivity index (χ2v) is 3.59. The summed E-state index contributed by atoms with van der Waals surface area (Å²) in [6.07, 6.45) is -2.64. The summed E-state index contributed by atoms with van der Waals surface area (Å²) in [5.74, 6) is -0.903. The Morgan fingerprint density at radius 2 is 2.00 bits per heavy atom. The minimum atomic E-state index is -4.57. The molecule has 0 saturated heterocycles. The lowest BCUT2D eigenvalue weighted by Crippen LogP contribution is -2.09. The smallest absolute Gasteiger partial charge is 0.327 e. The SMILES string of the molecule is CC/C(=C/c1ccc(F)cc1C(F)(F)F)CN. The Labute approximate surface area is 96.9 Å². The zero-order valence-corrected chi connectivity index (χ0v) is 9.31. The second kappa shape index (κ2) is 5.31. The third kappa shape index (κ3) is 3.56. The van der Waals surface area contributed by atoms with Crippen LogP contribution in [0.5, 0.6) is 0 Å². The summed E-state index contributed by atoms with van der Waals surface area (Å²) in [6, 6.07) is 2.62. The van der Waals surface area contributed by atoms with Crippen molar-refractivity contribution < 1.29 is 17.6 Å². The van der Waals surface area contributed by atoms with E-state index in [1.165, 1.54) is 6.08 Å². The molecule has 0 fully saturated rings. The van der Waals surface area contributed by atoms with Gasteiger partial charge in [0.05, 0.1) is 5.56 Å². The standard InChI is InChI=1S/C12H13F4N/c1-2-8(7-17)5-9-3-4-10(13)6-11(9)12(14,15)16/h3-6H,2,7,17H2,1H3/b8-5-. The van der Waals surface area contributed by atoms with Crippen LogP contribution in [0.25, 0.3) is 6.08 Å². The highest BCUT2D eigenvalue weighted by molar-refractivity contribution is 5.58. The highest BCUT2D eigenvalue weighted by atomic mass is 19.4. The lowest BCUT2D eigenvalue weighted by molar-refractivity contribution is -0.137. The van der Waals surface area contributed by atoms with E-state index in [-0.39, 0.29) is 12.1 Å². The summed E-state index contributed by atoms with van der Waals surface area (Å²) >= 11 is 0. The monoisotopic (exact) mass is 247 g/mol. The van der Waals surface area contributed by atoms with Crippen molar-refractivity contribution in [2.45, 2.75) is 19.5 Å². The van der Waals surface area contributed by atoms with Gasteiger partial charge in [-0.3, -0.25) is 0 Å². The Morgan fingerprint density at radius 1 is 1.35 bits per heavy atom. The predicted octanol–water partition coefficient (Wildman–Crippen LogP) is 3.60. The normalized spacial score (nSPS) is 12.9. The zero-order chi connectivity index (χ0) is 13.1. The van der Waals surface area contributed by atoms with Crippen molar-refractivity contribution in [1.82, 2.24) is 0 Å². The largest absolute Gasteiger partial charge is 0.417 e. The van der Waals surface area contributed by atoms with Gasteiger partial charge in [0.1, 0.15) is 5.82 Å². The van der Waals surface area contributed by atoms with E-state index in [1.807, 2.05) is 0 Å². The van der Waals surface area contributed by atoms with Gasteiger partial charge in [0.25, 0.3) is 0 Å². The molecule has 0 heterocycles. The number of alkyl halides is 3. The number of halogens is 4.